The normalized spacial score (nSPS) is 13.1. The Morgan fingerprint density at radius 1 is 1.25 bits per heavy atom. The van der Waals surface area contributed by atoms with Crippen molar-refractivity contribution in [2.24, 2.45) is 5.92 Å². The Morgan fingerprint density at radius 3 is 2.17 bits per heavy atom. The second-order valence-corrected chi connectivity index (χ2v) is 3.96. The average Bonchev–Trinajstić information content (AvgIpc) is 1.97. The molecule has 0 aliphatic heterocycles. The van der Waals surface area contributed by atoms with Crippen molar-refractivity contribution < 1.29 is 0 Å². The van der Waals surface area contributed by atoms with Crippen LogP contribution in [0.1, 0.15) is 41.0 Å². The van der Waals surface area contributed by atoms with Crippen LogP contribution < -0.4 is 5.32 Å². The molecule has 12 heavy (non-hydrogen) atoms. The Morgan fingerprint density at radius 2 is 1.83 bits per heavy atom. The summed E-state index contributed by atoms with van der Waals surface area (Å²) in [6, 6.07) is 0.590. The summed E-state index contributed by atoms with van der Waals surface area (Å²) in [4.78, 5) is 0. The minimum Gasteiger partial charge on any atom is -0.311 e. The highest BCUT2D eigenvalue weighted by Crippen LogP contribution is 2.05. The van der Waals surface area contributed by atoms with Gasteiger partial charge in [0.1, 0.15) is 0 Å². The van der Waals surface area contributed by atoms with E-state index in [9.17, 15) is 0 Å². The summed E-state index contributed by atoms with van der Waals surface area (Å²) in [7, 11) is 0. The second kappa shape index (κ2) is 6.24. The van der Waals surface area contributed by atoms with Crippen molar-refractivity contribution in [3.05, 3.63) is 11.6 Å². The first-order valence-corrected chi connectivity index (χ1v) is 4.99. The Hall–Kier alpha value is -0.300. The lowest BCUT2D eigenvalue weighted by atomic mass is 10.1. The zero-order valence-corrected chi connectivity index (χ0v) is 9.15. The molecule has 0 aromatic heterocycles. The summed E-state index contributed by atoms with van der Waals surface area (Å²) in [5.74, 6) is 0.675. The van der Waals surface area contributed by atoms with Gasteiger partial charge in [-0.15, -0.1) is 0 Å². The quantitative estimate of drug-likeness (QED) is 0.624. The molecule has 0 atom stereocenters. The number of rotatable bonds is 5. The molecule has 0 bridgehead atoms. The van der Waals surface area contributed by atoms with Crippen LogP contribution in [-0.4, -0.2) is 12.6 Å². The van der Waals surface area contributed by atoms with E-state index < -0.39 is 0 Å². The van der Waals surface area contributed by atoms with Crippen LogP contribution >= 0.6 is 0 Å². The van der Waals surface area contributed by atoms with E-state index in [1.165, 1.54) is 5.57 Å². The van der Waals surface area contributed by atoms with Gasteiger partial charge < -0.3 is 5.32 Å². The van der Waals surface area contributed by atoms with Gasteiger partial charge >= 0.3 is 0 Å². The summed E-state index contributed by atoms with van der Waals surface area (Å²) in [6.45, 7) is 12.1. The van der Waals surface area contributed by atoms with E-state index in [0.29, 0.717) is 12.0 Å². The molecule has 1 heteroatoms. The van der Waals surface area contributed by atoms with Crippen molar-refractivity contribution in [3.63, 3.8) is 0 Å². The van der Waals surface area contributed by atoms with E-state index in [1.807, 2.05) is 0 Å². The van der Waals surface area contributed by atoms with Crippen LogP contribution in [0.5, 0.6) is 0 Å². The van der Waals surface area contributed by atoms with Crippen molar-refractivity contribution in [2.75, 3.05) is 6.54 Å². The molecule has 0 heterocycles. The molecule has 0 fully saturated rings. The molecule has 0 saturated heterocycles. The van der Waals surface area contributed by atoms with E-state index >= 15 is 0 Å². The molecule has 0 spiro atoms. The maximum atomic E-state index is 3.43. The predicted octanol–water partition coefficient (Wildman–Crippen LogP) is 2.98. The van der Waals surface area contributed by atoms with Crippen LogP contribution in [0.4, 0.5) is 0 Å². The molecule has 1 nitrogen and oxygen atoms in total. The highest BCUT2D eigenvalue weighted by molar-refractivity contribution is 5.04. The molecule has 0 unspecified atom stereocenters. The number of hydrogen-bond donors (Lipinski definition) is 1. The van der Waals surface area contributed by atoms with E-state index in [0.717, 1.165) is 13.0 Å². The first kappa shape index (κ1) is 11.7. The summed E-state index contributed by atoms with van der Waals surface area (Å²) >= 11 is 0. The van der Waals surface area contributed by atoms with Gasteiger partial charge in [-0.05, 0) is 12.3 Å². The van der Waals surface area contributed by atoms with Gasteiger partial charge in [0, 0.05) is 12.6 Å². The summed E-state index contributed by atoms with van der Waals surface area (Å²) in [5, 5.41) is 3.43. The van der Waals surface area contributed by atoms with Gasteiger partial charge in [0.15, 0.2) is 0 Å². The van der Waals surface area contributed by atoms with Crippen LogP contribution in [-0.2, 0) is 0 Å². The van der Waals surface area contributed by atoms with Gasteiger partial charge in [-0.1, -0.05) is 46.3 Å². The molecule has 0 rings (SSSR count). The molecule has 72 valence electrons. The third-order valence-electron chi connectivity index (χ3n) is 1.76. The Balaban J connectivity index is 3.83. The van der Waals surface area contributed by atoms with Gasteiger partial charge in [0.25, 0.3) is 0 Å². The van der Waals surface area contributed by atoms with Gasteiger partial charge in [0.05, 0.1) is 0 Å². The van der Waals surface area contributed by atoms with Gasteiger partial charge in [0.2, 0.25) is 0 Å². The SMILES string of the molecule is CCC(=CC(C)C)CNC(C)C. The van der Waals surface area contributed by atoms with Crippen LogP contribution in [0.3, 0.4) is 0 Å². The lowest BCUT2D eigenvalue weighted by molar-refractivity contribution is 0.611. The highest BCUT2D eigenvalue weighted by atomic mass is 14.9. The van der Waals surface area contributed by atoms with E-state index in [-0.39, 0.29) is 0 Å². The molecule has 0 radical (unpaired) electrons. The molecular weight excluding hydrogens is 146 g/mol. The second-order valence-electron chi connectivity index (χ2n) is 3.96. The fourth-order valence-corrected chi connectivity index (χ4v) is 1.11. The molecule has 0 aromatic rings. The molecule has 1 N–H and O–H groups in total. The largest absolute Gasteiger partial charge is 0.311 e. The van der Waals surface area contributed by atoms with Crippen molar-refractivity contribution in [2.45, 2.75) is 47.1 Å². The average molecular weight is 169 g/mol. The van der Waals surface area contributed by atoms with Crippen LogP contribution in [0.2, 0.25) is 0 Å². The third-order valence-corrected chi connectivity index (χ3v) is 1.76. The summed E-state index contributed by atoms with van der Waals surface area (Å²) in [6.07, 6.45) is 3.52. The highest BCUT2D eigenvalue weighted by Gasteiger charge is 1.97. The molecule has 0 amide bonds. The molecule has 0 aliphatic carbocycles. The summed E-state index contributed by atoms with van der Waals surface area (Å²) in [5.41, 5.74) is 1.53. The van der Waals surface area contributed by atoms with Crippen molar-refractivity contribution in [1.82, 2.24) is 5.32 Å². The fraction of sp³-hybridized carbons (Fsp3) is 0.818. The first-order chi connectivity index (χ1) is 5.56. The Labute approximate surface area is 77.2 Å². The van der Waals surface area contributed by atoms with Crippen molar-refractivity contribution in [3.8, 4) is 0 Å². The van der Waals surface area contributed by atoms with Crippen LogP contribution in [0, 0.1) is 5.92 Å². The number of allylic oxidation sites excluding steroid dienone is 1. The minimum atomic E-state index is 0.590. The zero-order valence-electron chi connectivity index (χ0n) is 9.15. The summed E-state index contributed by atoms with van der Waals surface area (Å²) < 4.78 is 0. The smallest absolute Gasteiger partial charge is 0.0166 e. The fourth-order valence-electron chi connectivity index (χ4n) is 1.11. The molecule has 0 aliphatic rings. The maximum absolute atomic E-state index is 3.43. The number of hydrogen-bond acceptors (Lipinski definition) is 1. The van der Waals surface area contributed by atoms with Crippen LogP contribution in [0.15, 0.2) is 11.6 Å². The van der Waals surface area contributed by atoms with Crippen LogP contribution in [0.25, 0.3) is 0 Å². The van der Waals surface area contributed by atoms with E-state index in [2.05, 4.69) is 46.0 Å². The zero-order chi connectivity index (χ0) is 9.56. The molecule has 0 aromatic carbocycles. The Bertz CT molecular complexity index is 134. The lowest BCUT2D eigenvalue weighted by Crippen LogP contribution is -2.24. The van der Waals surface area contributed by atoms with Gasteiger partial charge in [-0.2, -0.15) is 0 Å². The topological polar surface area (TPSA) is 12.0 Å². The van der Waals surface area contributed by atoms with Gasteiger partial charge in [-0.3, -0.25) is 0 Å². The lowest BCUT2D eigenvalue weighted by Gasteiger charge is -2.11. The predicted molar refractivity (Wildman–Crippen MR) is 56.4 cm³/mol. The van der Waals surface area contributed by atoms with E-state index in [4.69, 9.17) is 0 Å². The standard InChI is InChI=1S/C11H23N/c1-6-11(7-9(2)3)8-12-10(4)5/h7,9-10,12H,6,8H2,1-5H3. The minimum absolute atomic E-state index is 0.590. The molecular formula is C11H23N. The number of nitrogens with one attached hydrogen (secondary N) is 1. The van der Waals surface area contributed by atoms with E-state index in [1.54, 1.807) is 0 Å². The maximum Gasteiger partial charge on any atom is 0.0166 e. The van der Waals surface area contributed by atoms with Crippen molar-refractivity contribution in [1.29, 1.82) is 0 Å². The first-order valence-electron chi connectivity index (χ1n) is 4.99. The van der Waals surface area contributed by atoms with Crippen molar-refractivity contribution >= 4 is 0 Å². The van der Waals surface area contributed by atoms with Gasteiger partial charge in [-0.25, -0.2) is 0 Å². The monoisotopic (exact) mass is 169 g/mol. The molecule has 0 saturated carbocycles. The Kier molecular flexibility index (Phi) is 6.09. The third kappa shape index (κ3) is 6.41.